The zero-order valence-corrected chi connectivity index (χ0v) is 18.5. The number of fused-ring (bicyclic) bond motifs is 1. The molecular weight excluding hydrogens is 463 g/mol. The second-order valence-corrected chi connectivity index (χ2v) is 8.52. The Kier molecular flexibility index (Phi) is 6.74. The van der Waals surface area contributed by atoms with E-state index >= 15 is 0 Å². The summed E-state index contributed by atoms with van der Waals surface area (Å²) in [6, 6.07) is 8.29. The topological polar surface area (TPSA) is 98.4 Å². The van der Waals surface area contributed by atoms with Crippen LogP contribution in [-0.4, -0.2) is 28.2 Å². The van der Waals surface area contributed by atoms with Crippen molar-refractivity contribution in [2.45, 2.75) is 24.6 Å². The van der Waals surface area contributed by atoms with Crippen LogP contribution < -0.4 is 15.4 Å². The van der Waals surface area contributed by atoms with Crippen LogP contribution in [0.5, 0.6) is 5.75 Å². The zero-order valence-electron chi connectivity index (χ0n) is 16.2. The fraction of sp³-hybridized carbons (Fsp3) is 0.250. The zero-order chi connectivity index (χ0) is 21.8. The van der Waals surface area contributed by atoms with E-state index < -0.39 is 0 Å². The second kappa shape index (κ2) is 9.67. The molecule has 8 nitrogen and oxygen atoms in total. The first-order valence-corrected chi connectivity index (χ1v) is 11.2. The van der Waals surface area contributed by atoms with E-state index in [1.54, 1.807) is 42.3 Å². The molecule has 3 aromatic rings. The van der Waals surface area contributed by atoms with Gasteiger partial charge in [0.15, 0.2) is 6.61 Å². The Balaban J connectivity index is 1.40. The maximum absolute atomic E-state index is 12.5. The lowest BCUT2D eigenvalue weighted by molar-refractivity contribution is -0.122. The number of furan rings is 1. The highest BCUT2D eigenvalue weighted by atomic mass is 35.5. The van der Waals surface area contributed by atoms with Crippen molar-refractivity contribution in [2.75, 3.05) is 11.9 Å². The number of ether oxygens (including phenoxy) is 1. The van der Waals surface area contributed by atoms with Crippen LogP contribution in [0.2, 0.25) is 10.0 Å². The van der Waals surface area contributed by atoms with Gasteiger partial charge in [0.1, 0.15) is 23.9 Å². The molecule has 11 heteroatoms. The summed E-state index contributed by atoms with van der Waals surface area (Å²) in [5.41, 5.74) is 1.78. The molecule has 0 saturated carbocycles. The van der Waals surface area contributed by atoms with Gasteiger partial charge in [0.05, 0.1) is 23.5 Å². The number of nitrogens with zero attached hydrogens (tertiary/aromatic N) is 2. The van der Waals surface area contributed by atoms with Crippen molar-refractivity contribution in [2.24, 2.45) is 0 Å². The van der Waals surface area contributed by atoms with Gasteiger partial charge in [0, 0.05) is 22.1 Å². The second-order valence-electron chi connectivity index (χ2n) is 6.69. The molecule has 1 aliphatic rings. The van der Waals surface area contributed by atoms with Crippen LogP contribution in [0.1, 0.15) is 17.0 Å². The number of halogens is 2. The summed E-state index contributed by atoms with van der Waals surface area (Å²) in [6.07, 6.45) is 1.55. The first kappa shape index (κ1) is 21.6. The molecule has 1 aliphatic heterocycles. The maximum Gasteiger partial charge on any atom is 0.263 e. The Morgan fingerprint density at radius 2 is 2.10 bits per heavy atom. The highest BCUT2D eigenvalue weighted by Crippen LogP contribution is 2.34. The average molecular weight is 481 g/mol. The van der Waals surface area contributed by atoms with Crippen molar-refractivity contribution < 1.29 is 18.7 Å². The molecule has 2 N–H and O–H groups in total. The lowest BCUT2D eigenvalue weighted by Gasteiger charge is -2.12. The fourth-order valence-corrected chi connectivity index (χ4v) is 4.51. The summed E-state index contributed by atoms with van der Waals surface area (Å²) in [6.45, 7) is -0.00293. The highest BCUT2D eigenvalue weighted by Gasteiger charge is 2.25. The Bertz CT molecular complexity index is 1100. The summed E-state index contributed by atoms with van der Waals surface area (Å²) in [5.74, 6) is 2.32. The quantitative estimate of drug-likeness (QED) is 0.507. The van der Waals surface area contributed by atoms with Gasteiger partial charge in [0.25, 0.3) is 5.91 Å². The van der Waals surface area contributed by atoms with Gasteiger partial charge >= 0.3 is 0 Å². The SMILES string of the molecule is O=C(Cn1nc2c(c1NC(=O)COc1ccc(Cl)cc1Cl)CSC2)NCc1ccco1. The number of benzene rings is 1. The molecule has 0 bridgehead atoms. The Labute approximate surface area is 192 Å². The summed E-state index contributed by atoms with van der Waals surface area (Å²) in [4.78, 5) is 24.9. The number of aromatic nitrogens is 2. The summed E-state index contributed by atoms with van der Waals surface area (Å²) in [5, 5.41) is 10.9. The predicted octanol–water partition coefficient (Wildman–Crippen LogP) is 3.86. The van der Waals surface area contributed by atoms with Crippen molar-refractivity contribution in [1.29, 1.82) is 0 Å². The minimum absolute atomic E-state index is 0.0299. The molecule has 1 aromatic carbocycles. The van der Waals surface area contributed by atoms with E-state index in [0.29, 0.717) is 33.1 Å². The highest BCUT2D eigenvalue weighted by molar-refractivity contribution is 7.98. The van der Waals surface area contributed by atoms with Crippen molar-refractivity contribution in [3.05, 3.63) is 63.7 Å². The van der Waals surface area contributed by atoms with Crippen LogP contribution in [0.15, 0.2) is 41.0 Å². The van der Waals surface area contributed by atoms with Crippen LogP contribution in [0.25, 0.3) is 0 Å². The molecule has 0 aliphatic carbocycles. The van der Waals surface area contributed by atoms with Gasteiger partial charge in [-0.3, -0.25) is 9.59 Å². The third-order valence-electron chi connectivity index (χ3n) is 4.46. The number of thioether (sulfide) groups is 1. The van der Waals surface area contributed by atoms with E-state index in [2.05, 4.69) is 15.7 Å². The van der Waals surface area contributed by atoms with Gasteiger partial charge in [-0.05, 0) is 30.3 Å². The smallest absolute Gasteiger partial charge is 0.263 e. The van der Waals surface area contributed by atoms with Gasteiger partial charge in [-0.2, -0.15) is 16.9 Å². The van der Waals surface area contributed by atoms with Crippen molar-refractivity contribution in [3.63, 3.8) is 0 Å². The third kappa shape index (κ3) is 5.36. The van der Waals surface area contributed by atoms with Gasteiger partial charge in [-0.15, -0.1) is 0 Å². The van der Waals surface area contributed by atoms with Crippen LogP contribution >= 0.6 is 35.0 Å². The molecular formula is C20H18Cl2N4O4S. The van der Waals surface area contributed by atoms with Crippen molar-refractivity contribution in [3.8, 4) is 5.75 Å². The summed E-state index contributed by atoms with van der Waals surface area (Å²) in [7, 11) is 0. The molecule has 31 heavy (non-hydrogen) atoms. The normalized spacial score (nSPS) is 12.5. The van der Waals surface area contributed by atoms with E-state index in [1.165, 1.54) is 10.7 Å². The number of carbonyl (C=O) groups is 2. The molecule has 0 radical (unpaired) electrons. The first-order valence-electron chi connectivity index (χ1n) is 9.32. The Morgan fingerprint density at radius 3 is 2.87 bits per heavy atom. The van der Waals surface area contributed by atoms with Gasteiger partial charge in [-0.25, -0.2) is 4.68 Å². The molecule has 3 heterocycles. The molecule has 2 aromatic heterocycles. The molecule has 0 fully saturated rings. The largest absolute Gasteiger partial charge is 0.482 e. The van der Waals surface area contributed by atoms with Gasteiger partial charge < -0.3 is 19.8 Å². The number of hydrogen-bond donors (Lipinski definition) is 2. The number of rotatable bonds is 8. The van der Waals surface area contributed by atoms with Crippen LogP contribution in [0.4, 0.5) is 5.82 Å². The van der Waals surface area contributed by atoms with Crippen LogP contribution in [0, 0.1) is 0 Å². The van der Waals surface area contributed by atoms with Gasteiger partial charge in [0.2, 0.25) is 5.91 Å². The fourth-order valence-electron chi connectivity index (χ4n) is 3.01. The molecule has 0 saturated heterocycles. The summed E-state index contributed by atoms with van der Waals surface area (Å²) < 4.78 is 12.2. The monoisotopic (exact) mass is 480 g/mol. The molecule has 0 spiro atoms. The number of amides is 2. The van der Waals surface area contributed by atoms with E-state index in [4.69, 9.17) is 32.4 Å². The van der Waals surface area contributed by atoms with E-state index in [1.807, 2.05) is 0 Å². The predicted molar refractivity (Wildman–Crippen MR) is 118 cm³/mol. The number of carbonyl (C=O) groups excluding carboxylic acids is 2. The van der Waals surface area contributed by atoms with Crippen LogP contribution in [-0.2, 0) is 34.2 Å². The lowest BCUT2D eigenvalue weighted by atomic mass is 10.3. The standard InChI is InChI=1S/C20H18Cl2N4O4S/c21-12-3-4-17(15(22)6-12)30-9-19(28)24-20-14-10-31-11-16(14)25-26(20)8-18(27)23-7-13-2-1-5-29-13/h1-6H,7-11H2,(H,23,27)(H,24,28). The third-order valence-corrected chi connectivity index (χ3v) is 5.96. The summed E-state index contributed by atoms with van der Waals surface area (Å²) >= 11 is 13.6. The van der Waals surface area contributed by atoms with Gasteiger partial charge in [-0.1, -0.05) is 23.2 Å². The molecule has 4 rings (SSSR count). The first-order chi connectivity index (χ1) is 15.0. The van der Waals surface area contributed by atoms with E-state index in [-0.39, 0.29) is 31.5 Å². The molecule has 2 amide bonds. The number of anilines is 1. The Morgan fingerprint density at radius 1 is 1.23 bits per heavy atom. The minimum Gasteiger partial charge on any atom is -0.482 e. The maximum atomic E-state index is 12.5. The minimum atomic E-state index is -0.386. The van der Waals surface area contributed by atoms with E-state index in [0.717, 1.165) is 17.0 Å². The van der Waals surface area contributed by atoms with E-state index in [9.17, 15) is 9.59 Å². The van der Waals surface area contributed by atoms with Crippen LogP contribution in [0.3, 0.4) is 0 Å². The average Bonchev–Trinajstić information content (AvgIpc) is 3.46. The lowest BCUT2D eigenvalue weighted by Crippen LogP contribution is -2.29. The number of nitrogens with one attached hydrogen (secondary N) is 2. The number of hydrogen-bond acceptors (Lipinski definition) is 6. The van der Waals surface area contributed by atoms with Crippen molar-refractivity contribution in [1.82, 2.24) is 15.1 Å². The molecule has 0 unspecified atom stereocenters. The molecule has 0 atom stereocenters. The molecule has 162 valence electrons. The Hall–Kier alpha value is -2.62. The van der Waals surface area contributed by atoms with Crippen molar-refractivity contribution >= 4 is 52.6 Å².